The highest BCUT2D eigenvalue weighted by atomic mass is 16.2. The van der Waals surface area contributed by atoms with E-state index in [2.05, 4.69) is 15.4 Å². The number of carbonyl (C=O) groups is 1. The Bertz CT molecular complexity index is 1110. The molecule has 2 aromatic rings. The van der Waals surface area contributed by atoms with E-state index in [4.69, 9.17) is 0 Å². The van der Waals surface area contributed by atoms with Crippen molar-refractivity contribution in [1.82, 2.24) is 24.6 Å². The third-order valence-electron chi connectivity index (χ3n) is 6.03. The number of rotatable bonds is 3. The summed E-state index contributed by atoms with van der Waals surface area (Å²) in [5, 5.41) is 7.52. The first kappa shape index (κ1) is 19.4. The van der Waals surface area contributed by atoms with Gasteiger partial charge in [-0.25, -0.2) is 9.48 Å². The fraction of sp³-hybridized carbons (Fsp3) is 0.550. The zero-order valence-electron chi connectivity index (χ0n) is 16.4. The second kappa shape index (κ2) is 7.81. The molecular weight excluding hydrogens is 374 g/mol. The molecule has 0 bridgehead atoms. The third kappa shape index (κ3) is 3.81. The molecule has 1 amide bonds. The zero-order chi connectivity index (χ0) is 20.5. The summed E-state index contributed by atoms with van der Waals surface area (Å²) in [5.74, 6) is -0.491. The molecule has 29 heavy (non-hydrogen) atoms. The molecule has 154 valence electrons. The maximum absolute atomic E-state index is 12.5. The van der Waals surface area contributed by atoms with Crippen molar-refractivity contribution < 1.29 is 4.79 Å². The normalized spacial score (nSPS) is 21.4. The molecule has 0 unspecified atom stereocenters. The van der Waals surface area contributed by atoms with Crippen molar-refractivity contribution in [2.45, 2.75) is 63.5 Å². The number of amides is 1. The standard InChI is InChI=1S/C20H25N5O4/c1-24-19(28)15(11-21-20(24)29)18(27)22-13-6-8-14(9-7-13)25-17(26)10-12-4-2-3-5-16(12)23-25/h10-11,13-14H,2-9H2,1H3,(H,21,29)(H,22,27). The number of fused-ring (bicyclic) bond motifs is 1. The van der Waals surface area contributed by atoms with E-state index in [9.17, 15) is 19.2 Å². The van der Waals surface area contributed by atoms with Crippen molar-refractivity contribution in [3.63, 3.8) is 0 Å². The van der Waals surface area contributed by atoms with Crippen LogP contribution in [0.5, 0.6) is 0 Å². The summed E-state index contributed by atoms with van der Waals surface area (Å²) in [6, 6.07) is 1.69. The lowest BCUT2D eigenvalue weighted by atomic mass is 9.90. The van der Waals surface area contributed by atoms with Gasteiger partial charge in [0.1, 0.15) is 5.56 Å². The van der Waals surface area contributed by atoms with Crippen LogP contribution in [0.2, 0.25) is 0 Å². The Morgan fingerprint density at radius 2 is 1.86 bits per heavy atom. The molecular formula is C20H25N5O4. The van der Waals surface area contributed by atoms with Gasteiger partial charge in [0.25, 0.3) is 17.0 Å². The molecule has 9 nitrogen and oxygen atoms in total. The fourth-order valence-corrected chi connectivity index (χ4v) is 4.29. The Labute approximate surface area is 166 Å². The molecule has 2 N–H and O–H groups in total. The van der Waals surface area contributed by atoms with Crippen molar-refractivity contribution in [3.05, 3.63) is 60.3 Å². The van der Waals surface area contributed by atoms with Gasteiger partial charge in [-0.2, -0.15) is 5.10 Å². The SMILES string of the molecule is Cn1c(=O)[nH]cc(C(=O)NC2CCC(n3nc4c(cc3=O)CCCC4)CC2)c1=O. The molecule has 0 aromatic carbocycles. The number of hydrogen-bond acceptors (Lipinski definition) is 5. The second-order valence-electron chi connectivity index (χ2n) is 7.96. The minimum atomic E-state index is -0.621. The highest BCUT2D eigenvalue weighted by Crippen LogP contribution is 2.28. The molecule has 2 heterocycles. The van der Waals surface area contributed by atoms with Crippen LogP contribution < -0.4 is 22.1 Å². The molecule has 2 aliphatic rings. The van der Waals surface area contributed by atoms with Crippen LogP contribution in [0.3, 0.4) is 0 Å². The Morgan fingerprint density at radius 1 is 1.14 bits per heavy atom. The molecule has 0 saturated heterocycles. The van der Waals surface area contributed by atoms with Crippen LogP contribution in [-0.4, -0.2) is 31.3 Å². The van der Waals surface area contributed by atoms with Crippen molar-refractivity contribution in [2.24, 2.45) is 7.05 Å². The molecule has 9 heteroatoms. The average molecular weight is 399 g/mol. The second-order valence-corrected chi connectivity index (χ2v) is 7.96. The largest absolute Gasteiger partial charge is 0.349 e. The quantitative estimate of drug-likeness (QED) is 0.775. The van der Waals surface area contributed by atoms with E-state index in [1.807, 2.05) is 0 Å². The summed E-state index contributed by atoms with van der Waals surface area (Å²) >= 11 is 0. The molecule has 4 rings (SSSR count). The molecule has 0 aliphatic heterocycles. The highest BCUT2D eigenvalue weighted by Gasteiger charge is 2.27. The third-order valence-corrected chi connectivity index (χ3v) is 6.03. The summed E-state index contributed by atoms with van der Waals surface area (Å²) in [6.45, 7) is 0. The number of aromatic nitrogens is 4. The van der Waals surface area contributed by atoms with Gasteiger partial charge in [-0.1, -0.05) is 0 Å². The highest BCUT2D eigenvalue weighted by molar-refractivity contribution is 5.93. The Kier molecular flexibility index (Phi) is 5.21. The lowest BCUT2D eigenvalue weighted by Gasteiger charge is -2.30. The zero-order valence-corrected chi connectivity index (χ0v) is 16.4. The van der Waals surface area contributed by atoms with E-state index in [0.29, 0.717) is 12.8 Å². The Balaban J connectivity index is 1.42. The lowest BCUT2D eigenvalue weighted by molar-refractivity contribution is 0.0918. The molecule has 2 aromatic heterocycles. The summed E-state index contributed by atoms with van der Waals surface area (Å²) in [5.41, 5.74) is 0.817. The molecule has 1 saturated carbocycles. The smallest absolute Gasteiger partial charge is 0.328 e. The van der Waals surface area contributed by atoms with E-state index in [-0.39, 0.29) is 23.2 Å². The molecule has 2 aliphatic carbocycles. The lowest BCUT2D eigenvalue weighted by Crippen LogP contribution is -2.43. The average Bonchev–Trinajstić information content (AvgIpc) is 2.72. The number of nitrogens with zero attached hydrogens (tertiary/aromatic N) is 3. The first-order chi connectivity index (χ1) is 13.9. The van der Waals surface area contributed by atoms with E-state index in [1.54, 1.807) is 10.7 Å². The minimum absolute atomic E-state index is 0.0313. The molecule has 0 atom stereocenters. The van der Waals surface area contributed by atoms with E-state index < -0.39 is 17.2 Å². The van der Waals surface area contributed by atoms with Crippen LogP contribution >= 0.6 is 0 Å². The summed E-state index contributed by atoms with van der Waals surface area (Å²) in [4.78, 5) is 50.9. The van der Waals surface area contributed by atoms with Gasteiger partial charge in [-0.05, 0) is 56.9 Å². The van der Waals surface area contributed by atoms with Crippen molar-refractivity contribution in [3.8, 4) is 0 Å². The number of nitrogens with one attached hydrogen (secondary N) is 2. The number of aromatic amines is 1. The summed E-state index contributed by atoms with van der Waals surface area (Å²) in [6.07, 6.45) is 8.11. The van der Waals surface area contributed by atoms with E-state index in [0.717, 1.165) is 60.5 Å². The monoisotopic (exact) mass is 399 g/mol. The van der Waals surface area contributed by atoms with Crippen LogP contribution in [-0.2, 0) is 19.9 Å². The van der Waals surface area contributed by atoms with Crippen LogP contribution in [0.1, 0.15) is 66.2 Å². The fourth-order valence-electron chi connectivity index (χ4n) is 4.29. The summed E-state index contributed by atoms with van der Waals surface area (Å²) < 4.78 is 2.50. The maximum Gasteiger partial charge on any atom is 0.328 e. The van der Waals surface area contributed by atoms with Gasteiger partial charge < -0.3 is 10.3 Å². The van der Waals surface area contributed by atoms with Gasteiger partial charge >= 0.3 is 5.69 Å². The number of H-pyrrole nitrogens is 1. The van der Waals surface area contributed by atoms with Crippen LogP contribution in [0, 0.1) is 0 Å². The predicted molar refractivity (Wildman–Crippen MR) is 106 cm³/mol. The van der Waals surface area contributed by atoms with Gasteiger partial charge in [-0.3, -0.25) is 19.0 Å². The first-order valence-corrected chi connectivity index (χ1v) is 10.1. The predicted octanol–water partition coefficient (Wildman–Crippen LogP) is 0.423. The molecule has 0 spiro atoms. The van der Waals surface area contributed by atoms with Crippen molar-refractivity contribution in [1.29, 1.82) is 0 Å². The van der Waals surface area contributed by atoms with Gasteiger partial charge in [0.05, 0.1) is 11.7 Å². The van der Waals surface area contributed by atoms with Crippen LogP contribution in [0.15, 0.2) is 26.6 Å². The van der Waals surface area contributed by atoms with Gasteiger partial charge in [0, 0.05) is 25.4 Å². The molecule has 0 radical (unpaired) electrons. The maximum atomic E-state index is 12.5. The summed E-state index contributed by atoms with van der Waals surface area (Å²) in [7, 11) is 1.33. The van der Waals surface area contributed by atoms with Gasteiger partial charge in [-0.15, -0.1) is 0 Å². The Morgan fingerprint density at radius 3 is 2.62 bits per heavy atom. The number of aryl methyl sites for hydroxylation is 2. The minimum Gasteiger partial charge on any atom is -0.349 e. The number of carbonyl (C=O) groups excluding carboxylic acids is 1. The van der Waals surface area contributed by atoms with Crippen LogP contribution in [0.4, 0.5) is 0 Å². The first-order valence-electron chi connectivity index (χ1n) is 10.1. The van der Waals surface area contributed by atoms with Crippen molar-refractivity contribution in [2.75, 3.05) is 0 Å². The van der Waals surface area contributed by atoms with Crippen LogP contribution in [0.25, 0.3) is 0 Å². The Hall–Kier alpha value is -2.97. The number of hydrogen-bond donors (Lipinski definition) is 2. The van der Waals surface area contributed by atoms with E-state index in [1.165, 1.54) is 7.05 Å². The topological polar surface area (TPSA) is 119 Å². The van der Waals surface area contributed by atoms with Crippen molar-refractivity contribution >= 4 is 5.91 Å². The molecule has 1 fully saturated rings. The van der Waals surface area contributed by atoms with Gasteiger partial charge in [0.15, 0.2) is 0 Å². The van der Waals surface area contributed by atoms with E-state index >= 15 is 0 Å². The van der Waals surface area contributed by atoms with Gasteiger partial charge in [0.2, 0.25) is 0 Å².